The fourth-order valence-electron chi connectivity index (χ4n) is 4.65. The van der Waals surface area contributed by atoms with Gasteiger partial charge in [-0.15, -0.1) is 18.3 Å². The van der Waals surface area contributed by atoms with Gasteiger partial charge in [0, 0.05) is 30.8 Å². The van der Waals surface area contributed by atoms with Crippen LogP contribution in [0.5, 0.6) is 5.75 Å². The lowest BCUT2D eigenvalue weighted by atomic mass is 10.1. The molecule has 4 rings (SSSR count). The van der Waals surface area contributed by atoms with Crippen LogP contribution in [0.1, 0.15) is 64.6 Å². The van der Waals surface area contributed by atoms with E-state index in [1.54, 1.807) is 43.6 Å². The normalized spacial score (nSPS) is 14.7. The van der Waals surface area contributed by atoms with Crippen molar-refractivity contribution in [3.05, 3.63) is 47.8 Å². The van der Waals surface area contributed by atoms with Crippen LogP contribution in [0.3, 0.4) is 0 Å². The van der Waals surface area contributed by atoms with Crippen LogP contribution in [0.15, 0.2) is 36.5 Å². The number of anilines is 2. The highest BCUT2D eigenvalue weighted by Crippen LogP contribution is 2.33. The Labute approximate surface area is 241 Å². The molecule has 0 atom stereocenters. The van der Waals surface area contributed by atoms with Crippen LogP contribution in [0.4, 0.5) is 34.3 Å². The Morgan fingerprint density at radius 2 is 1.83 bits per heavy atom. The first-order valence-electron chi connectivity index (χ1n) is 13.6. The van der Waals surface area contributed by atoms with Crippen LogP contribution in [0.2, 0.25) is 0 Å². The number of carbonyl (C=O) groups excluding carboxylic acids is 1. The third kappa shape index (κ3) is 7.53. The number of nitrogens with zero attached hydrogens (tertiary/aromatic N) is 5. The van der Waals surface area contributed by atoms with Crippen molar-refractivity contribution in [3.8, 4) is 5.75 Å². The average Bonchev–Trinajstić information content (AvgIpc) is 3.30. The number of piperidine rings is 1. The Balaban J connectivity index is 1.79. The smallest absolute Gasteiger partial charge is 0.465 e. The first-order chi connectivity index (χ1) is 19.6. The van der Waals surface area contributed by atoms with Crippen LogP contribution < -0.4 is 15.0 Å². The van der Waals surface area contributed by atoms with Gasteiger partial charge in [0.1, 0.15) is 17.2 Å². The number of carboxylic acid groups (broad SMARTS) is 1. The van der Waals surface area contributed by atoms with Gasteiger partial charge in [-0.2, -0.15) is 0 Å². The molecule has 1 aliphatic heterocycles. The maximum atomic E-state index is 13.6. The number of nitrogens with one attached hydrogen (secondary N) is 1. The lowest BCUT2D eigenvalue weighted by Gasteiger charge is -2.31. The molecule has 14 heteroatoms. The summed E-state index contributed by atoms with van der Waals surface area (Å²) in [5.74, 6) is -0.0526. The molecule has 0 unspecified atom stereocenters. The number of halogens is 3. The maximum Gasteiger partial charge on any atom is 0.573 e. The number of hydrogen-bond donors (Lipinski definition) is 2. The van der Waals surface area contributed by atoms with Gasteiger partial charge in [-0.3, -0.25) is 4.90 Å². The second-order valence-electron chi connectivity index (χ2n) is 11.4. The minimum Gasteiger partial charge on any atom is -0.465 e. The van der Waals surface area contributed by atoms with Crippen molar-refractivity contribution in [2.45, 2.75) is 77.9 Å². The first-order valence-corrected chi connectivity index (χ1v) is 13.6. The average molecular weight is 593 g/mol. The molecular formula is C28H35F3N6O5. The summed E-state index contributed by atoms with van der Waals surface area (Å²) in [6.45, 7) is 9.38. The standard InChI is InChI=1S/C28H35F3N6O5/c1-17(2)21-15-32-24-20(14-23(34-37(21)24)33-19-10-12-35(13-11-19)25(38)39)36(26(40)42-27(3,4)5)16-18-8-6-7-9-22(18)41-28(29,30)31/h6-9,14-15,17,19H,10-13,16H2,1-5H3,(H,33,34)(H,38,39). The van der Waals surface area contributed by atoms with Gasteiger partial charge in [0.2, 0.25) is 0 Å². The molecule has 0 bridgehead atoms. The van der Waals surface area contributed by atoms with Crippen LogP contribution in [-0.4, -0.2) is 67.9 Å². The number of ether oxygens (including phenoxy) is 2. The summed E-state index contributed by atoms with van der Waals surface area (Å²) in [6.07, 6.45) is -3.98. The zero-order chi connectivity index (χ0) is 30.8. The van der Waals surface area contributed by atoms with Crippen LogP contribution in [0, 0.1) is 0 Å². The van der Waals surface area contributed by atoms with E-state index in [1.165, 1.54) is 28.0 Å². The van der Waals surface area contributed by atoms with E-state index in [0.29, 0.717) is 37.4 Å². The third-order valence-electron chi connectivity index (χ3n) is 6.62. The molecular weight excluding hydrogens is 557 g/mol. The Morgan fingerprint density at radius 3 is 2.43 bits per heavy atom. The summed E-state index contributed by atoms with van der Waals surface area (Å²) >= 11 is 0. The number of rotatable bonds is 7. The Morgan fingerprint density at radius 1 is 1.17 bits per heavy atom. The third-order valence-corrected chi connectivity index (χ3v) is 6.62. The molecule has 2 amide bonds. The van der Waals surface area contributed by atoms with Crippen LogP contribution >= 0.6 is 0 Å². The van der Waals surface area contributed by atoms with Gasteiger partial charge in [0.25, 0.3) is 0 Å². The predicted octanol–water partition coefficient (Wildman–Crippen LogP) is 6.25. The molecule has 0 spiro atoms. The fraction of sp³-hybridized carbons (Fsp3) is 0.500. The number of aromatic nitrogens is 3. The van der Waals surface area contributed by atoms with E-state index in [0.717, 1.165) is 5.69 Å². The molecule has 3 aromatic rings. The molecule has 3 heterocycles. The van der Waals surface area contributed by atoms with Crippen molar-refractivity contribution >= 4 is 29.3 Å². The van der Waals surface area contributed by atoms with Gasteiger partial charge >= 0.3 is 18.5 Å². The van der Waals surface area contributed by atoms with E-state index in [1.807, 2.05) is 13.8 Å². The SMILES string of the molecule is CC(C)c1cnc2c(N(Cc3ccccc3OC(F)(F)F)C(=O)OC(C)(C)C)cc(NC3CCN(C(=O)O)CC3)nn12. The van der Waals surface area contributed by atoms with Crippen LogP contribution in [0.25, 0.3) is 5.65 Å². The maximum absolute atomic E-state index is 13.6. The topological polar surface area (TPSA) is 122 Å². The minimum atomic E-state index is -4.93. The number of benzene rings is 1. The van der Waals surface area contributed by atoms with Crippen molar-refractivity contribution in [1.82, 2.24) is 19.5 Å². The molecule has 1 aliphatic rings. The van der Waals surface area contributed by atoms with E-state index >= 15 is 0 Å². The van der Waals surface area contributed by atoms with Crippen LogP contribution in [-0.2, 0) is 11.3 Å². The van der Waals surface area contributed by atoms with Crippen molar-refractivity contribution in [2.75, 3.05) is 23.3 Å². The Bertz CT molecular complexity index is 1430. The number of alkyl halides is 3. The van der Waals surface area contributed by atoms with Crippen molar-refractivity contribution < 1.29 is 37.3 Å². The summed E-state index contributed by atoms with van der Waals surface area (Å²) in [6, 6.07) is 7.09. The van der Waals surface area contributed by atoms with E-state index < -0.39 is 29.9 Å². The number of likely N-dealkylation sites (tertiary alicyclic amines) is 1. The Kier molecular flexibility index (Phi) is 8.73. The van der Waals surface area contributed by atoms with Gasteiger partial charge in [-0.25, -0.2) is 19.1 Å². The van der Waals surface area contributed by atoms with Gasteiger partial charge in [0.05, 0.1) is 24.1 Å². The summed E-state index contributed by atoms with van der Waals surface area (Å²) in [5.41, 5.74) is 0.518. The highest BCUT2D eigenvalue weighted by atomic mass is 19.4. The van der Waals surface area contributed by atoms with Crippen molar-refractivity contribution in [1.29, 1.82) is 0 Å². The fourth-order valence-corrected chi connectivity index (χ4v) is 4.65. The van der Waals surface area contributed by atoms with Gasteiger partial charge in [0.15, 0.2) is 5.65 Å². The summed E-state index contributed by atoms with van der Waals surface area (Å²) in [4.78, 5) is 32.1. The molecule has 0 aliphatic carbocycles. The molecule has 1 fully saturated rings. The number of imidazole rings is 1. The largest absolute Gasteiger partial charge is 0.573 e. The molecule has 1 aromatic carbocycles. The van der Waals surface area contributed by atoms with Gasteiger partial charge in [-0.05, 0) is 45.6 Å². The van der Waals surface area contributed by atoms with Crippen molar-refractivity contribution in [3.63, 3.8) is 0 Å². The summed E-state index contributed by atoms with van der Waals surface area (Å²) in [5, 5.41) is 17.3. The van der Waals surface area contributed by atoms with E-state index in [2.05, 4.69) is 15.0 Å². The highest BCUT2D eigenvalue weighted by Gasteiger charge is 2.34. The molecule has 0 saturated carbocycles. The monoisotopic (exact) mass is 592 g/mol. The van der Waals surface area contributed by atoms with E-state index in [4.69, 9.17) is 9.84 Å². The highest BCUT2D eigenvalue weighted by molar-refractivity contribution is 5.93. The van der Waals surface area contributed by atoms with Gasteiger partial charge in [-0.1, -0.05) is 32.0 Å². The number of para-hydroxylation sites is 1. The van der Waals surface area contributed by atoms with Crippen molar-refractivity contribution in [2.24, 2.45) is 0 Å². The Hall–Kier alpha value is -4.23. The molecule has 228 valence electrons. The molecule has 42 heavy (non-hydrogen) atoms. The number of carbonyl (C=O) groups is 2. The lowest BCUT2D eigenvalue weighted by Crippen LogP contribution is -2.42. The predicted molar refractivity (Wildman–Crippen MR) is 149 cm³/mol. The quantitative estimate of drug-likeness (QED) is 0.330. The zero-order valence-electron chi connectivity index (χ0n) is 24.1. The second-order valence-corrected chi connectivity index (χ2v) is 11.4. The molecule has 2 N–H and O–H groups in total. The molecule has 11 nitrogen and oxygen atoms in total. The van der Waals surface area contributed by atoms with E-state index in [-0.39, 0.29) is 29.8 Å². The van der Waals surface area contributed by atoms with E-state index in [9.17, 15) is 27.9 Å². The second kappa shape index (κ2) is 11.9. The zero-order valence-corrected chi connectivity index (χ0v) is 24.1. The minimum absolute atomic E-state index is 0.00490. The number of hydrogen-bond acceptors (Lipinski definition) is 7. The summed E-state index contributed by atoms with van der Waals surface area (Å²) in [7, 11) is 0. The molecule has 2 aromatic heterocycles. The molecule has 1 saturated heterocycles. The first kappa shape index (κ1) is 30.7. The summed E-state index contributed by atoms with van der Waals surface area (Å²) < 4.78 is 51.1. The lowest BCUT2D eigenvalue weighted by molar-refractivity contribution is -0.274. The van der Waals surface area contributed by atoms with Gasteiger partial charge < -0.3 is 24.8 Å². The molecule has 0 radical (unpaired) electrons. The number of amides is 2. The number of fused-ring (bicyclic) bond motifs is 1.